The van der Waals surface area contributed by atoms with E-state index in [0.29, 0.717) is 10.9 Å². The molecule has 1 N–H and O–H groups in total. The predicted molar refractivity (Wildman–Crippen MR) is 49.8 cm³/mol. The van der Waals surface area contributed by atoms with Crippen molar-refractivity contribution in [2.75, 3.05) is 0 Å². The van der Waals surface area contributed by atoms with E-state index < -0.39 is 5.97 Å². The molecule has 2 aromatic heterocycles. The Morgan fingerprint density at radius 1 is 1.64 bits per heavy atom. The van der Waals surface area contributed by atoms with E-state index in [1.165, 1.54) is 15.9 Å². The molecule has 2 aromatic rings. The van der Waals surface area contributed by atoms with Crippen LogP contribution in [0.25, 0.3) is 4.96 Å². The first-order valence-electron chi connectivity index (χ1n) is 4.33. The number of hydrogen-bond acceptors (Lipinski definition) is 4. The minimum Gasteiger partial charge on any atom is -0.476 e. The van der Waals surface area contributed by atoms with Crippen LogP contribution in [0.4, 0.5) is 0 Å². The maximum absolute atomic E-state index is 10.8. The van der Waals surface area contributed by atoms with E-state index in [9.17, 15) is 4.79 Å². The van der Waals surface area contributed by atoms with E-state index in [2.05, 4.69) is 10.1 Å². The summed E-state index contributed by atoms with van der Waals surface area (Å²) >= 11 is 1.32. The second-order valence-electron chi connectivity index (χ2n) is 3.36. The molecule has 1 aliphatic rings. The van der Waals surface area contributed by atoms with Gasteiger partial charge in [-0.15, -0.1) is 16.4 Å². The number of carboxylic acids is 1. The molecular weight excluding hydrogens is 202 g/mol. The predicted octanol–water partition coefficient (Wildman–Crippen LogP) is 1.37. The fourth-order valence-electron chi connectivity index (χ4n) is 1.36. The topological polar surface area (TPSA) is 67.5 Å². The minimum absolute atomic E-state index is 0.199. The summed E-state index contributed by atoms with van der Waals surface area (Å²) in [5.41, 5.74) is 0.199. The molecule has 0 atom stereocenters. The molecule has 0 radical (unpaired) electrons. The molecule has 0 bridgehead atoms. The second-order valence-corrected chi connectivity index (χ2v) is 4.20. The van der Waals surface area contributed by atoms with Gasteiger partial charge in [0.05, 0.1) is 0 Å². The number of carbonyl (C=O) groups is 1. The van der Waals surface area contributed by atoms with Crippen LogP contribution >= 0.6 is 11.3 Å². The normalized spacial score (nSPS) is 16.3. The zero-order chi connectivity index (χ0) is 9.71. The van der Waals surface area contributed by atoms with Gasteiger partial charge in [0.2, 0.25) is 4.96 Å². The third-order valence-corrected chi connectivity index (χ3v) is 3.08. The lowest BCUT2D eigenvalue weighted by atomic mass is 10.4. The van der Waals surface area contributed by atoms with Crippen LogP contribution in [0.2, 0.25) is 0 Å². The Bertz CT molecular complexity index is 512. The maximum atomic E-state index is 10.8. The summed E-state index contributed by atoms with van der Waals surface area (Å²) in [6.07, 6.45) is 2.25. The molecule has 0 spiro atoms. The van der Waals surface area contributed by atoms with Crippen LogP contribution in [0.5, 0.6) is 0 Å². The first kappa shape index (κ1) is 7.93. The molecule has 1 aliphatic carbocycles. The van der Waals surface area contributed by atoms with Crippen LogP contribution in [0.15, 0.2) is 5.38 Å². The molecule has 2 heterocycles. The lowest BCUT2D eigenvalue weighted by Gasteiger charge is -1.87. The number of aromatic nitrogens is 3. The van der Waals surface area contributed by atoms with Crippen molar-refractivity contribution in [1.82, 2.24) is 14.6 Å². The lowest BCUT2D eigenvalue weighted by molar-refractivity contribution is 0.0688. The number of hydrogen-bond donors (Lipinski definition) is 1. The molecule has 5 nitrogen and oxygen atoms in total. The Balaban J connectivity index is 2.18. The standard InChI is InChI=1S/C8H7N3O2S/c12-7(13)5-3-14-8-9-6(4-1-2-4)10-11(5)8/h3-4H,1-2H2,(H,12,13). The number of fused-ring (bicyclic) bond motifs is 1. The van der Waals surface area contributed by atoms with Gasteiger partial charge in [-0.2, -0.15) is 4.52 Å². The number of carboxylic acid groups (broad SMARTS) is 1. The Kier molecular flexibility index (Phi) is 1.44. The van der Waals surface area contributed by atoms with Gasteiger partial charge in [-0.05, 0) is 12.8 Å². The van der Waals surface area contributed by atoms with Gasteiger partial charge in [0.15, 0.2) is 11.5 Å². The quantitative estimate of drug-likeness (QED) is 0.811. The minimum atomic E-state index is -0.955. The molecule has 1 saturated carbocycles. The van der Waals surface area contributed by atoms with Crippen molar-refractivity contribution < 1.29 is 9.90 Å². The van der Waals surface area contributed by atoms with E-state index in [4.69, 9.17) is 5.11 Å². The van der Waals surface area contributed by atoms with Gasteiger partial charge in [0, 0.05) is 11.3 Å². The van der Waals surface area contributed by atoms with E-state index in [0.717, 1.165) is 18.7 Å². The van der Waals surface area contributed by atoms with Crippen molar-refractivity contribution >= 4 is 22.3 Å². The maximum Gasteiger partial charge on any atom is 0.355 e. The summed E-state index contributed by atoms with van der Waals surface area (Å²) in [4.78, 5) is 15.7. The van der Waals surface area contributed by atoms with Crippen molar-refractivity contribution in [1.29, 1.82) is 0 Å². The molecule has 0 amide bonds. The fraction of sp³-hybridized carbons (Fsp3) is 0.375. The van der Waals surface area contributed by atoms with Gasteiger partial charge < -0.3 is 5.11 Å². The highest BCUT2D eigenvalue weighted by atomic mass is 32.1. The highest BCUT2D eigenvalue weighted by molar-refractivity contribution is 7.15. The van der Waals surface area contributed by atoms with Crippen molar-refractivity contribution in [2.45, 2.75) is 18.8 Å². The van der Waals surface area contributed by atoms with E-state index in [1.807, 2.05) is 0 Å². The number of thiazole rings is 1. The SMILES string of the molecule is O=C(O)c1csc2nc(C3CC3)nn12. The second kappa shape index (κ2) is 2.54. The van der Waals surface area contributed by atoms with Gasteiger partial charge in [0.25, 0.3) is 0 Å². The average Bonchev–Trinajstić information content (AvgIpc) is 2.76. The Hall–Kier alpha value is -1.43. The van der Waals surface area contributed by atoms with Crippen LogP contribution in [0, 0.1) is 0 Å². The molecule has 72 valence electrons. The van der Waals surface area contributed by atoms with Gasteiger partial charge in [-0.25, -0.2) is 9.78 Å². The zero-order valence-corrected chi connectivity index (χ0v) is 7.99. The molecule has 3 rings (SSSR count). The van der Waals surface area contributed by atoms with Crippen LogP contribution in [-0.4, -0.2) is 25.7 Å². The van der Waals surface area contributed by atoms with Gasteiger partial charge in [-0.3, -0.25) is 0 Å². The highest BCUT2D eigenvalue weighted by Gasteiger charge is 2.29. The summed E-state index contributed by atoms with van der Waals surface area (Å²) in [6.45, 7) is 0. The number of rotatable bonds is 2. The molecule has 0 saturated heterocycles. The Labute approximate surface area is 83.0 Å². The molecular formula is C8H7N3O2S. The summed E-state index contributed by atoms with van der Waals surface area (Å²) in [5.74, 6) is 0.298. The van der Waals surface area contributed by atoms with Crippen molar-refractivity contribution in [3.63, 3.8) is 0 Å². The monoisotopic (exact) mass is 209 g/mol. The number of nitrogens with zero attached hydrogens (tertiary/aromatic N) is 3. The summed E-state index contributed by atoms with van der Waals surface area (Å²) < 4.78 is 1.42. The Morgan fingerprint density at radius 2 is 2.43 bits per heavy atom. The lowest BCUT2D eigenvalue weighted by Crippen LogP contribution is -2.02. The molecule has 1 fully saturated rings. The van der Waals surface area contributed by atoms with Gasteiger partial charge in [0.1, 0.15) is 0 Å². The largest absolute Gasteiger partial charge is 0.476 e. The van der Waals surface area contributed by atoms with Crippen molar-refractivity contribution in [2.24, 2.45) is 0 Å². The summed E-state index contributed by atoms with van der Waals surface area (Å²) in [5, 5.41) is 14.6. The number of aromatic carboxylic acids is 1. The average molecular weight is 209 g/mol. The van der Waals surface area contributed by atoms with E-state index in [1.54, 1.807) is 5.38 Å². The smallest absolute Gasteiger partial charge is 0.355 e. The van der Waals surface area contributed by atoms with Gasteiger partial charge in [-0.1, -0.05) is 0 Å². The van der Waals surface area contributed by atoms with Crippen LogP contribution in [0.1, 0.15) is 35.1 Å². The fourth-order valence-corrected chi connectivity index (χ4v) is 2.16. The molecule has 6 heteroatoms. The molecule has 0 unspecified atom stereocenters. The first-order valence-corrected chi connectivity index (χ1v) is 5.21. The highest BCUT2D eigenvalue weighted by Crippen LogP contribution is 2.38. The zero-order valence-electron chi connectivity index (χ0n) is 7.17. The third-order valence-electron chi connectivity index (χ3n) is 2.26. The van der Waals surface area contributed by atoms with Crippen LogP contribution in [0.3, 0.4) is 0 Å². The van der Waals surface area contributed by atoms with Crippen molar-refractivity contribution in [3.8, 4) is 0 Å². The third kappa shape index (κ3) is 1.04. The van der Waals surface area contributed by atoms with E-state index in [-0.39, 0.29) is 5.69 Å². The first-order chi connectivity index (χ1) is 6.75. The summed E-state index contributed by atoms with van der Waals surface area (Å²) in [6, 6.07) is 0. The van der Waals surface area contributed by atoms with E-state index >= 15 is 0 Å². The van der Waals surface area contributed by atoms with Crippen LogP contribution < -0.4 is 0 Å². The van der Waals surface area contributed by atoms with Crippen molar-refractivity contribution in [3.05, 3.63) is 16.9 Å². The van der Waals surface area contributed by atoms with Crippen LogP contribution in [-0.2, 0) is 0 Å². The molecule has 14 heavy (non-hydrogen) atoms. The molecule has 0 aliphatic heterocycles. The summed E-state index contributed by atoms with van der Waals surface area (Å²) in [7, 11) is 0. The molecule has 0 aromatic carbocycles. The Morgan fingerprint density at radius 3 is 3.07 bits per heavy atom. The van der Waals surface area contributed by atoms with Gasteiger partial charge >= 0.3 is 5.97 Å².